The highest BCUT2D eigenvalue weighted by atomic mass is 35.5. The molecule has 2 rings (SSSR count). The molecule has 0 amide bonds. The van der Waals surface area contributed by atoms with Crippen LogP contribution in [0.15, 0.2) is 17.6 Å². The Labute approximate surface area is 127 Å². The summed E-state index contributed by atoms with van der Waals surface area (Å²) in [6.07, 6.45) is 4.91. The summed E-state index contributed by atoms with van der Waals surface area (Å²) in [5.74, 6) is 0.579. The molecule has 0 unspecified atom stereocenters. The van der Waals surface area contributed by atoms with E-state index in [2.05, 4.69) is 17.2 Å². The number of nitrogens with zero attached hydrogens (tertiary/aromatic N) is 3. The maximum atomic E-state index is 12.4. The highest BCUT2D eigenvalue weighted by molar-refractivity contribution is 7.89. The Hall–Kier alpha value is -0.630. The maximum absolute atomic E-state index is 12.4. The van der Waals surface area contributed by atoms with Crippen molar-refractivity contribution in [3.05, 3.63) is 12.5 Å². The Morgan fingerprint density at radius 1 is 1.40 bits per heavy atom. The number of rotatable bonds is 5. The first-order chi connectivity index (χ1) is 9.04. The molecule has 0 aliphatic carbocycles. The molecule has 1 aliphatic heterocycles. The number of hydrogen-bond acceptors (Lipinski definition) is 4. The lowest BCUT2D eigenvalue weighted by Gasteiger charge is -2.30. The number of hydrogen-bond donors (Lipinski definition) is 1. The molecule has 8 heteroatoms. The van der Waals surface area contributed by atoms with E-state index in [1.807, 2.05) is 0 Å². The highest BCUT2D eigenvalue weighted by Crippen LogP contribution is 2.22. The normalized spacial score (nSPS) is 17.9. The van der Waals surface area contributed by atoms with Gasteiger partial charge in [0.2, 0.25) is 0 Å². The molecule has 0 spiro atoms. The summed E-state index contributed by atoms with van der Waals surface area (Å²) in [6, 6.07) is 0. The monoisotopic (exact) mass is 322 g/mol. The standard InChI is InChI=1S/C12H22N4O2S.ClH/c1-3-13-8-11-4-6-16(7-5-11)19(17,18)12-9-15(2)10-14-12;/h9-11,13H,3-8H2,1-2H3;1H. The van der Waals surface area contributed by atoms with Crippen molar-refractivity contribution in [1.29, 1.82) is 0 Å². The van der Waals surface area contributed by atoms with Crippen LogP contribution in [0.5, 0.6) is 0 Å². The van der Waals surface area contributed by atoms with E-state index in [1.54, 1.807) is 22.1 Å². The Kier molecular flexibility index (Phi) is 6.44. The van der Waals surface area contributed by atoms with Crippen LogP contribution in [0.2, 0.25) is 0 Å². The zero-order valence-electron chi connectivity index (χ0n) is 11.9. The number of halogens is 1. The van der Waals surface area contributed by atoms with Crippen molar-refractivity contribution in [2.75, 3.05) is 26.2 Å². The molecule has 6 nitrogen and oxygen atoms in total. The first-order valence-electron chi connectivity index (χ1n) is 6.73. The van der Waals surface area contributed by atoms with E-state index in [0.29, 0.717) is 19.0 Å². The zero-order valence-corrected chi connectivity index (χ0v) is 13.6. The van der Waals surface area contributed by atoms with Crippen LogP contribution in [0.25, 0.3) is 0 Å². The Morgan fingerprint density at radius 2 is 2.05 bits per heavy atom. The van der Waals surface area contributed by atoms with Gasteiger partial charge < -0.3 is 9.88 Å². The van der Waals surface area contributed by atoms with Crippen molar-refractivity contribution in [2.24, 2.45) is 13.0 Å². The van der Waals surface area contributed by atoms with Crippen molar-refractivity contribution in [3.8, 4) is 0 Å². The number of aromatic nitrogens is 2. The van der Waals surface area contributed by atoms with Crippen molar-refractivity contribution >= 4 is 22.4 Å². The fraction of sp³-hybridized carbons (Fsp3) is 0.750. The van der Waals surface area contributed by atoms with Crippen LogP contribution in [-0.4, -0.2) is 48.5 Å². The van der Waals surface area contributed by atoms with Crippen molar-refractivity contribution < 1.29 is 8.42 Å². The first kappa shape index (κ1) is 17.4. The van der Waals surface area contributed by atoms with Gasteiger partial charge in [0, 0.05) is 26.3 Å². The van der Waals surface area contributed by atoms with Crippen LogP contribution in [0.1, 0.15) is 19.8 Å². The molecular weight excluding hydrogens is 300 g/mol. The molecule has 1 N–H and O–H groups in total. The second kappa shape index (κ2) is 7.40. The van der Waals surface area contributed by atoms with Crippen LogP contribution in [0.3, 0.4) is 0 Å². The summed E-state index contributed by atoms with van der Waals surface area (Å²) >= 11 is 0. The molecule has 0 bridgehead atoms. The third-order valence-electron chi connectivity index (χ3n) is 3.54. The molecule has 0 radical (unpaired) electrons. The molecule has 20 heavy (non-hydrogen) atoms. The smallest absolute Gasteiger partial charge is 0.262 e. The van der Waals surface area contributed by atoms with Crippen molar-refractivity contribution in [1.82, 2.24) is 19.2 Å². The van der Waals surface area contributed by atoms with Gasteiger partial charge in [-0.3, -0.25) is 0 Å². The van der Waals surface area contributed by atoms with Gasteiger partial charge in [-0.05, 0) is 31.8 Å². The van der Waals surface area contributed by atoms with E-state index in [-0.39, 0.29) is 17.4 Å². The third kappa shape index (κ3) is 3.94. The van der Waals surface area contributed by atoms with Gasteiger partial charge in [0.15, 0.2) is 5.03 Å². The maximum Gasteiger partial charge on any atom is 0.262 e. The first-order valence-corrected chi connectivity index (χ1v) is 8.17. The number of sulfonamides is 1. The van der Waals surface area contributed by atoms with Crippen LogP contribution in [0, 0.1) is 5.92 Å². The fourth-order valence-corrected chi connectivity index (χ4v) is 3.79. The second-order valence-corrected chi connectivity index (χ2v) is 6.92. The molecule has 1 fully saturated rings. The largest absolute Gasteiger partial charge is 0.339 e. The predicted octanol–water partition coefficient (Wildman–Crippen LogP) is 0.852. The number of piperidine rings is 1. The quantitative estimate of drug-likeness (QED) is 0.873. The molecule has 1 aromatic rings. The van der Waals surface area contributed by atoms with Crippen molar-refractivity contribution in [2.45, 2.75) is 24.8 Å². The molecule has 0 atom stereocenters. The van der Waals surface area contributed by atoms with E-state index >= 15 is 0 Å². The average molecular weight is 323 g/mol. The van der Waals surface area contributed by atoms with Gasteiger partial charge in [0.05, 0.1) is 6.33 Å². The van der Waals surface area contributed by atoms with E-state index in [0.717, 1.165) is 25.9 Å². The molecule has 1 saturated heterocycles. The highest BCUT2D eigenvalue weighted by Gasteiger charge is 2.30. The van der Waals surface area contributed by atoms with Crippen molar-refractivity contribution in [3.63, 3.8) is 0 Å². The summed E-state index contributed by atoms with van der Waals surface area (Å²) in [5.41, 5.74) is 0. The SMILES string of the molecule is CCNCC1CCN(S(=O)(=O)c2cn(C)cn2)CC1.Cl. The van der Waals surface area contributed by atoms with Crippen LogP contribution < -0.4 is 5.32 Å². The molecule has 1 aromatic heterocycles. The van der Waals surface area contributed by atoms with Gasteiger partial charge in [0.1, 0.15) is 0 Å². The van der Waals surface area contributed by atoms with Gasteiger partial charge in [-0.25, -0.2) is 13.4 Å². The lowest BCUT2D eigenvalue weighted by atomic mass is 9.98. The van der Waals surface area contributed by atoms with E-state index in [4.69, 9.17) is 0 Å². The summed E-state index contributed by atoms with van der Waals surface area (Å²) in [4.78, 5) is 3.95. The summed E-state index contributed by atoms with van der Waals surface area (Å²) in [7, 11) is -1.63. The van der Waals surface area contributed by atoms with Crippen LogP contribution in [-0.2, 0) is 17.1 Å². The predicted molar refractivity (Wildman–Crippen MR) is 80.5 cm³/mol. The molecule has 1 aliphatic rings. The Balaban J connectivity index is 0.00000200. The lowest BCUT2D eigenvalue weighted by molar-refractivity contribution is 0.268. The third-order valence-corrected chi connectivity index (χ3v) is 5.33. The van der Waals surface area contributed by atoms with Gasteiger partial charge in [-0.15, -0.1) is 12.4 Å². The topological polar surface area (TPSA) is 67.2 Å². The number of nitrogens with one attached hydrogen (secondary N) is 1. The number of aryl methyl sites for hydroxylation is 1. The summed E-state index contributed by atoms with van der Waals surface area (Å²) in [5, 5.41) is 3.48. The van der Waals surface area contributed by atoms with E-state index in [9.17, 15) is 8.42 Å². The summed E-state index contributed by atoms with van der Waals surface area (Å²) < 4.78 is 27.9. The minimum absolute atomic E-state index is 0. The average Bonchev–Trinajstić information content (AvgIpc) is 2.84. The second-order valence-electron chi connectivity index (χ2n) is 5.03. The minimum Gasteiger partial charge on any atom is -0.339 e. The van der Waals surface area contributed by atoms with Gasteiger partial charge in [0.25, 0.3) is 10.0 Å². The minimum atomic E-state index is -3.40. The summed E-state index contributed by atoms with van der Waals surface area (Å²) in [6.45, 7) is 5.21. The van der Waals surface area contributed by atoms with Gasteiger partial charge in [-0.1, -0.05) is 6.92 Å². The van der Waals surface area contributed by atoms with Crippen LogP contribution >= 0.6 is 12.4 Å². The molecule has 2 heterocycles. The lowest BCUT2D eigenvalue weighted by Crippen LogP contribution is -2.40. The van der Waals surface area contributed by atoms with Gasteiger partial charge >= 0.3 is 0 Å². The van der Waals surface area contributed by atoms with E-state index < -0.39 is 10.0 Å². The Morgan fingerprint density at radius 3 is 2.55 bits per heavy atom. The van der Waals surface area contributed by atoms with Crippen LogP contribution in [0.4, 0.5) is 0 Å². The van der Waals surface area contributed by atoms with E-state index in [1.165, 1.54) is 6.33 Å². The number of imidazole rings is 1. The fourth-order valence-electron chi connectivity index (χ4n) is 2.36. The molecule has 0 aromatic carbocycles. The Bertz CT molecular complexity index is 509. The van der Waals surface area contributed by atoms with Gasteiger partial charge in [-0.2, -0.15) is 4.31 Å². The zero-order chi connectivity index (χ0) is 13.9. The molecular formula is C12H23ClN4O2S. The molecule has 116 valence electrons. The molecule has 0 saturated carbocycles.